The molecular formula is C18H30O. The summed E-state index contributed by atoms with van der Waals surface area (Å²) in [5.41, 5.74) is 1.69. The molecule has 1 aromatic rings. The summed E-state index contributed by atoms with van der Waals surface area (Å²) in [6.45, 7) is 14.4. The monoisotopic (exact) mass is 262 g/mol. The summed E-state index contributed by atoms with van der Waals surface area (Å²) in [6, 6.07) is 8.62. The second-order valence-corrected chi connectivity index (χ2v) is 6.86. The van der Waals surface area contributed by atoms with Crippen LogP contribution in [0.25, 0.3) is 0 Å². The highest BCUT2D eigenvalue weighted by Crippen LogP contribution is 2.34. The molecular weight excluding hydrogens is 232 g/mol. The first-order valence-corrected chi connectivity index (χ1v) is 7.57. The van der Waals surface area contributed by atoms with Crippen molar-refractivity contribution in [3.63, 3.8) is 0 Å². The Morgan fingerprint density at radius 3 is 2.11 bits per heavy atom. The van der Waals surface area contributed by atoms with Gasteiger partial charge in [-0.25, -0.2) is 0 Å². The van der Waals surface area contributed by atoms with E-state index in [1.165, 1.54) is 18.4 Å². The molecule has 0 aliphatic carbocycles. The molecule has 0 heterocycles. The lowest BCUT2D eigenvalue weighted by atomic mass is 9.78. The van der Waals surface area contributed by atoms with Crippen molar-refractivity contribution in [2.75, 3.05) is 6.61 Å². The molecule has 0 bridgehead atoms. The van der Waals surface area contributed by atoms with E-state index in [4.69, 9.17) is 4.74 Å². The molecule has 0 aliphatic heterocycles. The van der Waals surface area contributed by atoms with Crippen molar-refractivity contribution in [1.29, 1.82) is 0 Å². The molecule has 19 heavy (non-hydrogen) atoms. The standard InChI is InChI=1S/C18H30O/c1-7-8-14(2)13-19-17-11-9-16(10-12-17)15(3)18(4,5)6/h9-12,14-15H,7-8,13H2,1-6H3/t14?,15-/m1/s1. The first-order chi connectivity index (χ1) is 8.84. The van der Waals surface area contributed by atoms with Gasteiger partial charge in [0.25, 0.3) is 0 Å². The van der Waals surface area contributed by atoms with E-state index in [0.29, 0.717) is 17.3 Å². The fourth-order valence-corrected chi connectivity index (χ4v) is 2.17. The molecule has 1 unspecified atom stereocenters. The predicted molar refractivity (Wildman–Crippen MR) is 83.9 cm³/mol. The van der Waals surface area contributed by atoms with E-state index in [2.05, 4.69) is 65.8 Å². The first kappa shape index (κ1) is 16.1. The lowest BCUT2D eigenvalue weighted by molar-refractivity contribution is 0.251. The van der Waals surface area contributed by atoms with Gasteiger partial charge in [0.05, 0.1) is 6.61 Å². The van der Waals surface area contributed by atoms with Crippen LogP contribution in [0.15, 0.2) is 24.3 Å². The Bertz CT molecular complexity index is 358. The van der Waals surface area contributed by atoms with Crippen LogP contribution in [0, 0.1) is 11.3 Å². The first-order valence-electron chi connectivity index (χ1n) is 7.57. The van der Waals surface area contributed by atoms with Crippen molar-refractivity contribution in [3.8, 4) is 5.75 Å². The van der Waals surface area contributed by atoms with Crippen LogP contribution < -0.4 is 4.74 Å². The Morgan fingerprint density at radius 2 is 1.63 bits per heavy atom. The van der Waals surface area contributed by atoms with Gasteiger partial charge in [0.1, 0.15) is 5.75 Å². The Hall–Kier alpha value is -0.980. The van der Waals surface area contributed by atoms with E-state index in [1.807, 2.05) is 0 Å². The molecule has 0 amide bonds. The highest BCUT2D eigenvalue weighted by molar-refractivity contribution is 5.30. The number of rotatable bonds is 6. The van der Waals surface area contributed by atoms with Crippen LogP contribution >= 0.6 is 0 Å². The van der Waals surface area contributed by atoms with Crippen molar-refractivity contribution >= 4 is 0 Å². The maximum Gasteiger partial charge on any atom is 0.119 e. The Morgan fingerprint density at radius 1 is 1.05 bits per heavy atom. The molecule has 0 saturated carbocycles. The Labute approximate surface area is 119 Å². The number of hydrogen-bond donors (Lipinski definition) is 0. The molecule has 0 aromatic heterocycles. The van der Waals surface area contributed by atoms with Crippen LogP contribution in [0.2, 0.25) is 0 Å². The third kappa shape index (κ3) is 5.26. The molecule has 0 saturated heterocycles. The largest absolute Gasteiger partial charge is 0.493 e. The van der Waals surface area contributed by atoms with Gasteiger partial charge in [-0.3, -0.25) is 0 Å². The van der Waals surface area contributed by atoms with E-state index < -0.39 is 0 Å². The highest BCUT2D eigenvalue weighted by Gasteiger charge is 2.21. The number of ether oxygens (including phenoxy) is 1. The van der Waals surface area contributed by atoms with E-state index >= 15 is 0 Å². The molecule has 1 nitrogen and oxygen atoms in total. The summed E-state index contributed by atoms with van der Waals surface area (Å²) < 4.78 is 5.84. The minimum absolute atomic E-state index is 0.304. The van der Waals surface area contributed by atoms with Crippen molar-refractivity contribution < 1.29 is 4.74 Å². The van der Waals surface area contributed by atoms with Gasteiger partial charge >= 0.3 is 0 Å². The van der Waals surface area contributed by atoms with E-state index in [1.54, 1.807) is 0 Å². The molecule has 108 valence electrons. The van der Waals surface area contributed by atoms with Crippen LogP contribution in [-0.4, -0.2) is 6.61 Å². The fourth-order valence-electron chi connectivity index (χ4n) is 2.17. The van der Waals surface area contributed by atoms with Gasteiger partial charge in [-0.2, -0.15) is 0 Å². The quantitative estimate of drug-likeness (QED) is 0.643. The fraction of sp³-hybridized carbons (Fsp3) is 0.667. The summed E-state index contributed by atoms with van der Waals surface area (Å²) in [5, 5.41) is 0. The lowest BCUT2D eigenvalue weighted by Crippen LogP contribution is -2.15. The number of hydrogen-bond acceptors (Lipinski definition) is 1. The minimum Gasteiger partial charge on any atom is -0.493 e. The van der Waals surface area contributed by atoms with Gasteiger partial charge in [0.2, 0.25) is 0 Å². The Kier molecular flexibility index (Phi) is 5.90. The van der Waals surface area contributed by atoms with Gasteiger partial charge in [0.15, 0.2) is 0 Å². The third-order valence-corrected chi connectivity index (χ3v) is 4.00. The van der Waals surface area contributed by atoms with Crippen LogP contribution in [0.5, 0.6) is 5.75 Å². The molecule has 0 spiro atoms. The van der Waals surface area contributed by atoms with Crippen LogP contribution in [-0.2, 0) is 0 Å². The molecule has 0 aliphatic rings. The second-order valence-electron chi connectivity index (χ2n) is 6.86. The van der Waals surface area contributed by atoms with Crippen molar-refractivity contribution in [3.05, 3.63) is 29.8 Å². The van der Waals surface area contributed by atoms with Crippen LogP contribution in [0.1, 0.15) is 65.9 Å². The zero-order valence-corrected chi connectivity index (χ0v) is 13.5. The average molecular weight is 262 g/mol. The summed E-state index contributed by atoms with van der Waals surface area (Å²) in [7, 11) is 0. The van der Waals surface area contributed by atoms with Crippen LogP contribution in [0.3, 0.4) is 0 Å². The zero-order valence-electron chi connectivity index (χ0n) is 13.5. The molecule has 0 N–H and O–H groups in total. The zero-order chi connectivity index (χ0) is 14.5. The third-order valence-electron chi connectivity index (χ3n) is 4.00. The van der Waals surface area contributed by atoms with Gasteiger partial charge in [-0.1, -0.05) is 60.1 Å². The summed E-state index contributed by atoms with van der Waals surface area (Å²) in [6.07, 6.45) is 2.46. The maximum atomic E-state index is 5.84. The van der Waals surface area contributed by atoms with Crippen molar-refractivity contribution in [1.82, 2.24) is 0 Å². The van der Waals surface area contributed by atoms with Gasteiger partial charge < -0.3 is 4.74 Å². The van der Waals surface area contributed by atoms with E-state index in [9.17, 15) is 0 Å². The molecule has 1 heteroatoms. The molecule has 0 fully saturated rings. The predicted octanol–water partition coefficient (Wildman–Crippen LogP) is 5.65. The van der Waals surface area contributed by atoms with Crippen molar-refractivity contribution in [2.45, 2.75) is 60.3 Å². The van der Waals surface area contributed by atoms with Gasteiger partial charge in [-0.15, -0.1) is 0 Å². The lowest BCUT2D eigenvalue weighted by Gasteiger charge is -2.27. The minimum atomic E-state index is 0.304. The second kappa shape index (κ2) is 6.98. The van der Waals surface area contributed by atoms with Crippen molar-refractivity contribution in [2.24, 2.45) is 11.3 Å². The number of benzene rings is 1. The normalized spacial score (nSPS) is 15.1. The average Bonchev–Trinajstić information content (AvgIpc) is 2.35. The highest BCUT2D eigenvalue weighted by atomic mass is 16.5. The van der Waals surface area contributed by atoms with Gasteiger partial charge in [-0.05, 0) is 41.4 Å². The molecule has 1 aromatic carbocycles. The molecule has 2 atom stereocenters. The topological polar surface area (TPSA) is 9.23 Å². The summed E-state index contributed by atoms with van der Waals surface area (Å²) >= 11 is 0. The SMILES string of the molecule is CCCC(C)COc1ccc([C@@H](C)C(C)(C)C)cc1. The van der Waals surface area contributed by atoms with E-state index in [-0.39, 0.29) is 0 Å². The van der Waals surface area contributed by atoms with E-state index in [0.717, 1.165) is 12.4 Å². The smallest absolute Gasteiger partial charge is 0.119 e. The summed E-state index contributed by atoms with van der Waals surface area (Å²) in [4.78, 5) is 0. The Balaban J connectivity index is 2.57. The molecule has 1 rings (SSSR count). The van der Waals surface area contributed by atoms with Gasteiger partial charge in [0, 0.05) is 0 Å². The molecule has 0 radical (unpaired) electrons. The maximum absolute atomic E-state index is 5.84. The summed E-state index contributed by atoms with van der Waals surface area (Å²) in [5.74, 6) is 2.19. The van der Waals surface area contributed by atoms with Crippen LogP contribution in [0.4, 0.5) is 0 Å².